The lowest BCUT2D eigenvalue weighted by molar-refractivity contribution is -0.153. The van der Waals surface area contributed by atoms with E-state index in [1.165, 1.54) is 6.07 Å². The largest absolute Gasteiger partial charge is 0.459 e. The first-order valence-electron chi connectivity index (χ1n) is 12.3. The van der Waals surface area contributed by atoms with Gasteiger partial charge in [-0.05, 0) is 65.2 Å². The number of anilines is 1. The molecule has 0 saturated carbocycles. The molecule has 0 saturated heterocycles. The Morgan fingerprint density at radius 2 is 1.72 bits per heavy atom. The highest BCUT2D eigenvalue weighted by molar-refractivity contribution is 6.29. The molecule has 39 heavy (non-hydrogen) atoms. The van der Waals surface area contributed by atoms with Crippen molar-refractivity contribution >= 4 is 40.4 Å². The third-order valence-electron chi connectivity index (χ3n) is 5.30. The van der Waals surface area contributed by atoms with Gasteiger partial charge in [-0.1, -0.05) is 37.6 Å². The number of rotatable bonds is 5. The van der Waals surface area contributed by atoms with Crippen molar-refractivity contribution in [1.29, 1.82) is 0 Å². The first kappa shape index (κ1) is 29.8. The summed E-state index contributed by atoms with van der Waals surface area (Å²) in [6.45, 7) is 13.2. The van der Waals surface area contributed by atoms with E-state index in [0.717, 1.165) is 15.5 Å². The standard InChI is InChI=1S/C27H32ClFN4O6/c1-14(2)15-10-9-11-18(32(25(37)39-27(6,7)8)13-19(34)38-26(3,4)5)20(15)33-22-16(23(35)31-24(33)36)12-17(29)21(28)30-22/h9-12,14H,13H2,1-8H3,(H,31,35,36). The molecule has 0 bridgehead atoms. The van der Waals surface area contributed by atoms with Gasteiger partial charge in [0, 0.05) is 0 Å². The van der Waals surface area contributed by atoms with Crippen LogP contribution in [0, 0.1) is 5.82 Å². The van der Waals surface area contributed by atoms with Crippen molar-refractivity contribution < 1.29 is 23.5 Å². The van der Waals surface area contributed by atoms with Crippen LogP contribution in [0.5, 0.6) is 0 Å². The molecule has 3 aromatic rings. The topological polar surface area (TPSA) is 124 Å². The molecule has 210 valence electrons. The second-order valence-electron chi connectivity index (χ2n) is 11.2. The summed E-state index contributed by atoms with van der Waals surface area (Å²) in [5.74, 6) is -1.89. The highest BCUT2D eigenvalue weighted by atomic mass is 35.5. The molecule has 3 rings (SSSR count). The van der Waals surface area contributed by atoms with E-state index >= 15 is 0 Å². The maximum atomic E-state index is 14.3. The van der Waals surface area contributed by atoms with E-state index in [-0.39, 0.29) is 28.3 Å². The van der Waals surface area contributed by atoms with E-state index in [1.54, 1.807) is 53.7 Å². The van der Waals surface area contributed by atoms with Crippen LogP contribution in [-0.2, 0) is 14.3 Å². The number of H-pyrrole nitrogens is 1. The van der Waals surface area contributed by atoms with Crippen LogP contribution in [-0.4, -0.2) is 44.3 Å². The molecular weight excluding hydrogens is 531 g/mol. The molecule has 1 amide bonds. The van der Waals surface area contributed by atoms with Crippen LogP contribution in [0.15, 0.2) is 33.9 Å². The molecule has 0 spiro atoms. The second kappa shape index (κ2) is 10.8. The van der Waals surface area contributed by atoms with Gasteiger partial charge in [0.15, 0.2) is 16.6 Å². The van der Waals surface area contributed by atoms with Gasteiger partial charge >= 0.3 is 17.8 Å². The Bertz CT molecular complexity index is 1550. The maximum absolute atomic E-state index is 14.3. The number of ether oxygens (including phenoxy) is 2. The van der Waals surface area contributed by atoms with Crippen LogP contribution in [0.2, 0.25) is 5.15 Å². The number of benzene rings is 1. The molecule has 0 unspecified atom stereocenters. The van der Waals surface area contributed by atoms with E-state index < -0.39 is 52.0 Å². The summed E-state index contributed by atoms with van der Waals surface area (Å²) in [4.78, 5) is 59.5. The number of pyridine rings is 1. The fourth-order valence-corrected chi connectivity index (χ4v) is 4.00. The molecule has 2 aromatic heterocycles. The van der Waals surface area contributed by atoms with Crippen LogP contribution in [0.1, 0.15) is 66.9 Å². The molecule has 0 fully saturated rings. The van der Waals surface area contributed by atoms with Crippen LogP contribution >= 0.6 is 11.6 Å². The summed E-state index contributed by atoms with van der Waals surface area (Å²) in [5, 5.41) is -0.792. The zero-order chi connectivity index (χ0) is 29.4. The number of amides is 1. The highest BCUT2D eigenvalue weighted by Gasteiger charge is 2.31. The quantitative estimate of drug-likeness (QED) is 0.340. The summed E-state index contributed by atoms with van der Waals surface area (Å²) in [5.41, 5.74) is -2.98. The normalized spacial score (nSPS) is 12.1. The molecule has 10 nitrogen and oxygen atoms in total. The number of carbonyl (C=O) groups excluding carboxylic acids is 2. The summed E-state index contributed by atoms with van der Waals surface area (Å²) in [6, 6.07) is 5.77. The molecule has 0 atom stereocenters. The fraction of sp³-hybridized carbons (Fsp3) is 0.444. The summed E-state index contributed by atoms with van der Waals surface area (Å²) >= 11 is 5.95. The third kappa shape index (κ3) is 6.83. The Morgan fingerprint density at radius 1 is 1.10 bits per heavy atom. The van der Waals surface area contributed by atoms with Gasteiger partial charge in [0.2, 0.25) is 0 Å². The van der Waals surface area contributed by atoms with Crippen molar-refractivity contribution in [1.82, 2.24) is 14.5 Å². The van der Waals surface area contributed by atoms with E-state index in [1.807, 2.05) is 13.8 Å². The zero-order valence-corrected chi connectivity index (χ0v) is 23.9. The van der Waals surface area contributed by atoms with Crippen molar-refractivity contribution in [2.45, 2.75) is 72.5 Å². The number of nitrogens with zero attached hydrogens (tertiary/aromatic N) is 3. The summed E-state index contributed by atoms with van der Waals surface area (Å²) in [7, 11) is 0. The summed E-state index contributed by atoms with van der Waals surface area (Å²) < 4.78 is 26.4. The van der Waals surface area contributed by atoms with Crippen molar-refractivity contribution in [3.63, 3.8) is 0 Å². The minimum absolute atomic E-state index is 0.0963. The van der Waals surface area contributed by atoms with E-state index in [4.69, 9.17) is 21.1 Å². The van der Waals surface area contributed by atoms with Gasteiger partial charge in [0.25, 0.3) is 5.56 Å². The Hall–Kier alpha value is -3.73. The van der Waals surface area contributed by atoms with Crippen LogP contribution in [0.4, 0.5) is 14.9 Å². The number of hydrogen-bond donors (Lipinski definition) is 1. The first-order valence-corrected chi connectivity index (χ1v) is 12.6. The number of esters is 1. The van der Waals surface area contributed by atoms with Gasteiger partial charge < -0.3 is 9.47 Å². The number of fused-ring (bicyclic) bond motifs is 1. The molecule has 0 aliphatic heterocycles. The van der Waals surface area contributed by atoms with Crippen LogP contribution < -0.4 is 16.1 Å². The summed E-state index contributed by atoms with van der Waals surface area (Å²) in [6.07, 6.45) is -0.880. The minimum Gasteiger partial charge on any atom is -0.459 e. The van der Waals surface area contributed by atoms with Gasteiger partial charge in [-0.2, -0.15) is 0 Å². The molecule has 2 heterocycles. The number of halogens is 2. The smallest absolute Gasteiger partial charge is 0.415 e. The van der Waals surface area contributed by atoms with Crippen molar-refractivity contribution in [2.24, 2.45) is 0 Å². The van der Waals surface area contributed by atoms with Gasteiger partial charge in [-0.25, -0.2) is 23.5 Å². The lowest BCUT2D eigenvalue weighted by Crippen LogP contribution is -2.43. The molecule has 0 radical (unpaired) electrons. The predicted molar refractivity (Wildman–Crippen MR) is 146 cm³/mol. The lowest BCUT2D eigenvalue weighted by atomic mass is 9.99. The molecule has 1 aromatic carbocycles. The molecule has 1 N–H and O–H groups in total. The Morgan fingerprint density at radius 3 is 2.28 bits per heavy atom. The maximum Gasteiger partial charge on any atom is 0.415 e. The van der Waals surface area contributed by atoms with Crippen LogP contribution in [0.25, 0.3) is 16.7 Å². The number of nitrogens with one attached hydrogen (secondary N) is 1. The predicted octanol–water partition coefficient (Wildman–Crippen LogP) is 5.07. The van der Waals surface area contributed by atoms with Crippen LogP contribution in [0.3, 0.4) is 0 Å². The average Bonchev–Trinajstić information content (AvgIpc) is 2.76. The number of hydrogen-bond acceptors (Lipinski definition) is 7. The molecular formula is C27H32ClFN4O6. The van der Waals surface area contributed by atoms with E-state index in [0.29, 0.717) is 5.56 Å². The lowest BCUT2D eigenvalue weighted by Gasteiger charge is -2.30. The van der Waals surface area contributed by atoms with Gasteiger partial charge in [-0.15, -0.1) is 0 Å². The van der Waals surface area contributed by atoms with Gasteiger partial charge in [0.1, 0.15) is 17.7 Å². The highest BCUT2D eigenvalue weighted by Crippen LogP contribution is 2.34. The second-order valence-corrected chi connectivity index (χ2v) is 11.6. The molecule has 12 heteroatoms. The zero-order valence-electron chi connectivity index (χ0n) is 23.1. The molecule has 0 aliphatic rings. The van der Waals surface area contributed by atoms with Crippen molar-refractivity contribution in [3.8, 4) is 5.69 Å². The van der Waals surface area contributed by atoms with Gasteiger partial charge in [0.05, 0.1) is 16.8 Å². The number of carbonyl (C=O) groups is 2. The number of aromatic amines is 1. The molecule has 0 aliphatic carbocycles. The first-order chi connectivity index (χ1) is 17.9. The third-order valence-corrected chi connectivity index (χ3v) is 5.56. The minimum atomic E-state index is -0.947. The average molecular weight is 563 g/mol. The fourth-order valence-electron chi connectivity index (χ4n) is 3.86. The Labute approximate surface area is 229 Å². The monoisotopic (exact) mass is 562 g/mol. The Balaban J connectivity index is 2.42. The number of para-hydroxylation sites is 1. The van der Waals surface area contributed by atoms with Gasteiger partial charge in [-0.3, -0.25) is 19.5 Å². The number of aromatic nitrogens is 3. The SMILES string of the molecule is CC(C)c1cccc(N(CC(=O)OC(C)(C)C)C(=O)OC(C)(C)C)c1-n1c(=O)[nH]c(=O)c2cc(F)c(Cl)nc21. The van der Waals surface area contributed by atoms with E-state index in [9.17, 15) is 23.6 Å². The Kier molecular flexibility index (Phi) is 8.26. The van der Waals surface area contributed by atoms with Crippen molar-refractivity contribution in [2.75, 3.05) is 11.4 Å². The van der Waals surface area contributed by atoms with Crippen molar-refractivity contribution in [3.05, 3.63) is 61.6 Å². The van der Waals surface area contributed by atoms with E-state index in [2.05, 4.69) is 9.97 Å².